The van der Waals surface area contributed by atoms with Gasteiger partial charge in [0, 0.05) is 39.4 Å². The molecule has 7 heteroatoms. The zero-order chi connectivity index (χ0) is 13.4. The van der Waals surface area contributed by atoms with Crippen LogP contribution >= 0.6 is 24.8 Å². The molecule has 5 nitrogen and oxygen atoms in total. The molecule has 1 rings (SSSR count). The second kappa shape index (κ2) is 12.7. The number of piperidine rings is 1. The number of carbonyl (C=O) groups excluding carboxylic acids is 1. The molecule has 0 saturated carbocycles. The molecule has 3 N–H and O–H groups in total. The van der Waals surface area contributed by atoms with Gasteiger partial charge < -0.3 is 20.7 Å². The van der Waals surface area contributed by atoms with Crippen LogP contribution in [0.3, 0.4) is 0 Å². The van der Waals surface area contributed by atoms with E-state index >= 15 is 0 Å². The summed E-state index contributed by atoms with van der Waals surface area (Å²) in [5.74, 6) is -0.00432. The lowest BCUT2D eigenvalue weighted by Gasteiger charge is -2.32. The zero-order valence-corrected chi connectivity index (χ0v) is 14.1. The van der Waals surface area contributed by atoms with E-state index in [2.05, 4.69) is 10.2 Å². The second-order valence-electron chi connectivity index (χ2n) is 4.99. The smallest absolute Gasteiger partial charge is 0.237 e. The molecule has 0 unspecified atom stereocenters. The van der Waals surface area contributed by atoms with E-state index in [-0.39, 0.29) is 36.8 Å². The van der Waals surface area contributed by atoms with Crippen LogP contribution in [-0.2, 0) is 9.53 Å². The third-order valence-electron chi connectivity index (χ3n) is 3.53. The van der Waals surface area contributed by atoms with Gasteiger partial charge in [0.2, 0.25) is 5.91 Å². The molecule has 0 radical (unpaired) electrons. The molecular weight excluding hydrogens is 301 g/mol. The van der Waals surface area contributed by atoms with Gasteiger partial charge in [0.1, 0.15) is 0 Å². The Balaban J connectivity index is 0. The molecule has 1 aliphatic heterocycles. The highest BCUT2D eigenvalue weighted by atomic mass is 35.5. The minimum absolute atomic E-state index is 0. The Labute approximate surface area is 134 Å². The third kappa shape index (κ3) is 8.27. The molecule has 1 aliphatic rings. The molecule has 20 heavy (non-hydrogen) atoms. The molecule has 0 aromatic carbocycles. The first-order valence-corrected chi connectivity index (χ1v) is 6.94. The number of likely N-dealkylation sites (tertiary alicyclic amines) is 1. The summed E-state index contributed by atoms with van der Waals surface area (Å²) in [5.41, 5.74) is 5.71. The van der Waals surface area contributed by atoms with Crippen LogP contribution in [-0.4, -0.2) is 56.2 Å². The fourth-order valence-electron chi connectivity index (χ4n) is 2.23. The molecule has 1 atom stereocenters. The van der Waals surface area contributed by atoms with Crippen LogP contribution in [0.25, 0.3) is 0 Å². The van der Waals surface area contributed by atoms with Crippen molar-refractivity contribution in [2.45, 2.75) is 44.7 Å². The fourth-order valence-corrected chi connectivity index (χ4v) is 2.23. The summed E-state index contributed by atoms with van der Waals surface area (Å²) in [4.78, 5) is 14.1. The van der Waals surface area contributed by atoms with Gasteiger partial charge in [-0.1, -0.05) is 6.92 Å². The minimum Gasteiger partial charge on any atom is -0.385 e. The number of methoxy groups -OCH3 is 1. The van der Waals surface area contributed by atoms with Crippen LogP contribution in [0.15, 0.2) is 0 Å². The van der Waals surface area contributed by atoms with Crippen molar-refractivity contribution in [3.63, 3.8) is 0 Å². The van der Waals surface area contributed by atoms with E-state index in [1.54, 1.807) is 7.11 Å². The number of halogens is 2. The Morgan fingerprint density at radius 1 is 1.40 bits per heavy atom. The molecule has 1 fully saturated rings. The quantitative estimate of drug-likeness (QED) is 0.688. The van der Waals surface area contributed by atoms with E-state index in [4.69, 9.17) is 10.5 Å². The summed E-state index contributed by atoms with van der Waals surface area (Å²) in [5, 5.41) is 3.04. The largest absolute Gasteiger partial charge is 0.385 e. The third-order valence-corrected chi connectivity index (χ3v) is 3.53. The summed E-state index contributed by atoms with van der Waals surface area (Å²) in [6.45, 7) is 5.94. The first-order chi connectivity index (χ1) is 8.67. The van der Waals surface area contributed by atoms with Crippen molar-refractivity contribution >= 4 is 30.7 Å². The summed E-state index contributed by atoms with van der Waals surface area (Å²) < 4.78 is 5.05. The molecule has 1 amide bonds. The Morgan fingerprint density at radius 3 is 2.50 bits per heavy atom. The van der Waals surface area contributed by atoms with Gasteiger partial charge in [-0.3, -0.25) is 4.79 Å². The average molecular weight is 330 g/mol. The van der Waals surface area contributed by atoms with Gasteiger partial charge >= 0.3 is 0 Å². The van der Waals surface area contributed by atoms with Crippen molar-refractivity contribution < 1.29 is 9.53 Å². The van der Waals surface area contributed by atoms with E-state index in [1.807, 2.05) is 6.92 Å². The standard InChI is InChI=1S/C13H27N3O2.2ClH/c1-3-12(14)13(17)15-11-5-8-16(9-6-11)7-4-10-18-2;;/h11-12H,3-10,14H2,1-2H3,(H,15,17);2*1H/t12-;;/m0../s1. The van der Waals surface area contributed by atoms with E-state index in [1.165, 1.54) is 0 Å². The van der Waals surface area contributed by atoms with Gasteiger partial charge in [-0.25, -0.2) is 0 Å². The van der Waals surface area contributed by atoms with Crippen molar-refractivity contribution in [3.8, 4) is 0 Å². The number of rotatable bonds is 7. The normalized spacial score (nSPS) is 17.8. The number of hydrogen-bond donors (Lipinski definition) is 2. The minimum atomic E-state index is -0.357. The summed E-state index contributed by atoms with van der Waals surface area (Å²) in [6.07, 6.45) is 3.82. The van der Waals surface area contributed by atoms with E-state index in [0.717, 1.165) is 45.5 Å². The molecule has 1 saturated heterocycles. The van der Waals surface area contributed by atoms with Crippen molar-refractivity contribution in [1.29, 1.82) is 0 Å². The lowest BCUT2D eigenvalue weighted by atomic mass is 10.0. The van der Waals surface area contributed by atoms with E-state index in [0.29, 0.717) is 12.5 Å². The van der Waals surface area contributed by atoms with Gasteiger partial charge in [-0.15, -0.1) is 24.8 Å². The SMILES string of the molecule is CC[C@H](N)C(=O)NC1CCN(CCCOC)CC1.Cl.Cl. The number of nitrogens with one attached hydrogen (secondary N) is 1. The number of amides is 1. The first kappa shape index (κ1) is 22.2. The number of nitrogens with zero attached hydrogens (tertiary/aromatic N) is 1. The van der Waals surface area contributed by atoms with Crippen molar-refractivity contribution in [3.05, 3.63) is 0 Å². The Hall–Kier alpha value is -0.0700. The van der Waals surface area contributed by atoms with Gasteiger partial charge in [0.25, 0.3) is 0 Å². The number of nitrogens with two attached hydrogens (primary N) is 1. The molecule has 1 heterocycles. The van der Waals surface area contributed by atoms with Crippen molar-refractivity contribution in [2.75, 3.05) is 33.4 Å². The Morgan fingerprint density at radius 2 is 2.00 bits per heavy atom. The van der Waals surface area contributed by atoms with Crippen LogP contribution < -0.4 is 11.1 Å². The monoisotopic (exact) mass is 329 g/mol. The van der Waals surface area contributed by atoms with Gasteiger partial charge in [-0.2, -0.15) is 0 Å². The van der Waals surface area contributed by atoms with Gasteiger partial charge in [0.15, 0.2) is 0 Å². The first-order valence-electron chi connectivity index (χ1n) is 6.94. The topological polar surface area (TPSA) is 67.6 Å². The lowest BCUT2D eigenvalue weighted by Crippen LogP contribution is -2.49. The summed E-state index contributed by atoms with van der Waals surface area (Å²) >= 11 is 0. The Kier molecular flexibility index (Phi) is 14.1. The summed E-state index contributed by atoms with van der Waals surface area (Å²) in [7, 11) is 1.73. The highest BCUT2D eigenvalue weighted by Crippen LogP contribution is 2.10. The van der Waals surface area contributed by atoms with E-state index < -0.39 is 0 Å². The van der Waals surface area contributed by atoms with Crippen LogP contribution in [0, 0.1) is 0 Å². The fraction of sp³-hybridized carbons (Fsp3) is 0.923. The number of ether oxygens (including phenoxy) is 1. The van der Waals surface area contributed by atoms with E-state index in [9.17, 15) is 4.79 Å². The maximum Gasteiger partial charge on any atom is 0.237 e. The molecule has 0 bridgehead atoms. The van der Waals surface area contributed by atoms with Crippen LogP contribution in [0.5, 0.6) is 0 Å². The predicted molar refractivity (Wildman–Crippen MR) is 86.9 cm³/mol. The number of hydrogen-bond acceptors (Lipinski definition) is 4. The van der Waals surface area contributed by atoms with Gasteiger partial charge in [-0.05, 0) is 25.7 Å². The highest BCUT2D eigenvalue weighted by molar-refractivity contribution is 5.85. The molecule has 0 aromatic rings. The second-order valence-corrected chi connectivity index (χ2v) is 4.99. The number of carbonyl (C=O) groups is 1. The zero-order valence-electron chi connectivity index (χ0n) is 12.5. The molecule has 0 aliphatic carbocycles. The average Bonchev–Trinajstić information content (AvgIpc) is 2.40. The molecule has 0 aromatic heterocycles. The predicted octanol–water partition coefficient (Wildman–Crippen LogP) is 1.18. The maximum atomic E-state index is 11.7. The Bertz CT molecular complexity index is 250. The summed E-state index contributed by atoms with van der Waals surface area (Å²) in [6, 6.07) is -0.0569. The van der Waals surface area contributed by atoms with Gasteiger partial charge in [0.05, 0.1) is 6.04 Å². The van der Waals surface area contributed by atoms with Crippen LogP contribution in [0.4, 0.5) is 0 Å². The maximum absolute atomic E-state index is 11.7. The lowest BCUT2D eigenvalue weighted by molar-refractivity contribution is -0.123. The van der Waals surface area contributed by atoms with Crippen molar-refractivity contribution in [1.82, 2.24) is 10.2 Å². The molecule has 122 valence electrons. The van der Waals surface area contributed by atoms with Crippen LogP contribution in [0.1, 0.15) is 32.6 Å². The van der Waals surface area contributed by atoms with Crippen molar-refractivity contribution in [2.24, 2.45) is 5.73 Å². The van der Waals surface area contributed by atoms with Crippen LogP contribution in [0.2, 0.25) is 0 Å². The molecular formula is C13H29Cl2N3O2. The molecule has 0 spiro atoms. The highest BCUT2D eigenvalue weighted by Gasteiger charge is 2.21.